The summed E-state index contributed by atoms with van der Waals surface area (Å²) in [6.45, 7) is 0.793. The third-order valence-corrected chi connectivity index (χ3v) is 2.87. The molecule has 0 spiro atoms. The van der Waals surface area contributed by atoms with Gasteiger partial charge < -0.3 is 9.30 Å². The fraction of sp³-hybridized carbons (Fsp3) is 0.357. The predicted molar refractivity (Wildman–Crippen MR) is 71.3 cm³/mol. The summed E-state index contributed by atoms with van der Waals surface area (Å²) in [7, 11) is 5.46. The third kappa shape index (κ3) is 2.54. The summed E-state index contributed by atoms with van der Waals surface area (Å²) in [4.78, 5) is 13.5. The fourth-order valence-electron chi connectivity index (χ4n) is 2.11. The standard InChI is InChI=1S/C14H18N2O2/c1-15(2)10-16-9-11(8-14(17)18-3)12-6-4-5-7-13(12)16/h4-7,9H,8,10H2,1-3H3. The van der Waals surface area contributed by atoms with Crippen molar-refractivity contribution in [2.24, 2.45) is 0 Å². The molecule has 0 amide bonds. The number of fused-ring (bicyclic) bond motifs is 1. The minimum atomic E-state index is -0.206. The maximum atomic E-state index is 11.4. The number of hydrogen-bond donors (Lipinski definition) is 0. The Bertz CT molecular complexity index is 558. The van der Waals surface area contributed by atoms with Gasteiger partial charge >= 0.3 is 5.97 Å². The van der Waals surface area contributed by atoms with E-state index < -0.39 is 0 Å². The molecule has 0 fully saturated rings. The zero-order valence-corrected chi connectivity index (χ0v) is 11.0. The molecule has 4 heteroatoms. The van der Waals surface area contributed by atoms with Crippen molar-refractivity contribution in [1.29, 1.82) is 0 Å². The number of benzene rings is 1. The van der Waals surface area contributed by atoms with Crippen molar-refractivity contribution in [1.82, 2.24) is 9.47 Å². The lowest BCUT2D eigenvalue weighted by atomic mass is 10.1. The maximum absolute atomic E-state index is 11.4. The van der Waals surface area contributed by atoms with E-state index in [-0.39, 0.29) is 5.97 Å². The Kier molecular flexibility index (Phi) is 3.67. The zero-order valence-electron chi connectivity index (χ0n) is 11.0. The van der Waals surface area contributed by atoms with E-state index in [9.17, 15) is 4.79 Å². The van der Waals surface area contributed by atoms with E-state index in [1.807, 2.05) is 38.5 Å². The van der Waals surface area contributed by atoms with Gasteiger partial charge in [-0.1, -0.05) is 18.2 Å². The average molecular weight is 246 g/mol. The van der Waals surface area contributed by atoms with E-state index in [0.29, 0.717) is 6.42 Å². The normalized spacial score (nSPS) is 11.1. The van der Waals surface area contributed by atoms with Gasteiger partial charge in [0.1, 0.15) is 0 Å². The van der Waals surface area contributed by atoms with Gasteiger partial charge in [0, 0.05) is 17.1 Å². The summed E-state index contributed by atoms with van der Waals surface area (Å²) in [6, 6.07) is 8.11. The van der Waals surface area contributed by atoms with Gasteiger partial charge in [-0.25, -0.2) is 0 Å². The summed E-state index contributed by atoms with van der Waals surface area (Å²) < 4.78 is 6.88. The molecular weight excluding hydrogens is 228 g/mol. The monoisotopic (exact) mass is 246 g/mol. The van der Waals surface area contributed by atoms with Crippen LogP contribution in [0.15, 0.2) is 30.5 Å². The van der Waals surface area contributed by atoms with Gasteiger partial charge in [0.25, 0.3) is 0 Å². The van der Waals surface area contributed by atoms with Gasteiger partial charge in [-0.05, 0) is 25.7 Å². The molecule has 0 unspecified atom stereocenters. The lowest BCUT2D eigenvalue weighted by Gasteiger charge is -2.11. The number of methoxy groups -OCH3 is 1. The lowest BCUT2D eigenvalue weighted by Crippen LogP contribution is -2.16. The van der Waals surface area contributed by atoms with Crippen LogP contribution in [-0.2, 0) is 22.6 Å². The molecule has 0 saturated carbocycles. The second-order valence-electron chi connectivity index (χ2n) is 4.62. The summed E-state index contributed by atoms with van der Waals surface area (Å²) in [5, 5.41) is 1.12. The van der Waals surface area contributed by atoms with Crippen LogP contribution in [-0.4, -0.2) is 36.6 Å². The van der Waals surface area contributed by atoms with E-state index in [1.165, 1.54) is 7.11 Å². The Balaban J connectivity index is 2.43. The van der Waals surface area contributed by atoms with E-state index in [0.717, 1.165) is 23.1 Å². The van der Waals surface area contributed by atoms with Crippen LogP contribution in [0.2, 0.25) is 0 Å². The fourth-order valence-corrected chi connectivity index (χ4v) is 2.11. The number of carbonyl (C=O) groups excluding carboxylic acids is 1. The molecule has 18 heavy (non-hydrogen) atoms. The van der Waals surface area contributed by atoms with Crippen LogP contribution < -0.4 is 0 Å². The molecule has 0 aliphatic heterocycles. The number of esters is 1. The smallest absolute Gasteiger partial charge is 0.310 e. The molecule has 0 atom stereocenters. The van der Waals surface area contributed by atoms with Crippen LogP contribution in [0.5, 0.6) is 0 Å². The molecule has 96 valence electrons. The highest BCUT2D eigenvalue weighted by Gasteiger charge is 2.11. The summed E-state index contributed by atoms with van der Waals surface area (Å²) in [5.41, 5.74) is 2.16. The molecule has 1 heterocycles. The average Bonchev–Trinajstić information content (AvgIpc) is 2.67. The van der Waals surface area contributed by atoms with Crippen molar-refractivity contribution in [3.63, 3.8) is 0 Å². The van der Waals surface area contributed by atoms with Crippen LogP contribution >= 0.6 is 0 Å². The Morgan fingerprint density at radius 3 is 2.72 bits per heavy atom. The van der Waals surface area contributed by atoms with Crippen molar-refractivity contribution in [2.75, 3.05) is 21.2 Å². The Hall–Kier alpha value is -1.81. The highest BCUT2D eigenvalue weighted by atomic mass is 16.5. The van der Waals surface area contributed by atoms with Crippen LogP contribution in [0.25, 0.3) is 10.9 Å². The molecule has 0 aliphatic carbocycles. The van der Waals surface area contributed by atoms with Crippen molar-refractivity contribution in [3.8, 4) is 0 Å². The molecule has 1 aromatic carbocycles. The predicted octanol–water partition coefficient (Wildman–Crippen LogP) is 1.88. The first kappa shape index (κ1) is 12.6. The first-order valence-electron chi connectivity index (χ1n) is 5.90. The lowest BCUT2D eigenvalue weighted by molar-refractivity contribution is -0.139. The topological polar surface area (TPSA) is 34.5 Å². The highest BCUT2D eigenvalue weighted by Crippen LogP contribution is 2.22. The van der Waals surface area contributed by atoms with Crippen LogP contribution in [0, 0.1) is 0 Å². The maximum Gasteiger partial charge on any atom is 0.310 e. The minimum absolute atomic E-state index is 0.206. The first-order valence-corrected chi connectivity index (χ1v) is 5.90. The molecule has 0 bridgehead atoms. The molecule has 0 N–H and O–H groups in total. The number of hydrogen-bond acceptors (Lipinski definition) is 3. The number of ether oxygens (including phenoxy) is 1. The first-order chi connectivity index (χ1) is 8.61. The quantitative estimate of drug-likeness (QED) is 0.772. The van der Waals surface area contributed by atoms with Crippen LogP contribution in [0.4, 0.5) is 0 Å². The molecule has 2 rings (SSSR count). The van der Waals surface area contributed by atoms with E-state index in [4.69, 9.17) is 4.74 Å². The van der Waals surface area contributed by atoms with Crippen LogP contribution in [0.1, 0.15) is 5.56 Å². The summed E-state index contributed by atoms with van der Waals surface area (Å²) in [6.07, 6.45) is 2.35. The SMILES string of the molecule is COC(=O)Cc1cn(CN(C)C)c2ccccc12. The minimum Gasteiger partial charge on any atom is -0.469 e. The molecule has 2 aromatic rings. The van der Waals surface area contributed by atoms with E-state index >= 15 is 0 Å². The molecule has 4 nitrogen and oxygen atoms in total. The molecule has 0 radical (unpaired) electrons. The van der Waals surface area contributed by atoms with E-state index in [1.54, 1.807) is 0 Å². The number of rotatable bonds is 4. The van der Waals surface area contributed by atoms with Gasteiger partial charge in [-0.15, -0.1) is 0 Å². The van der Waals surface area contributed by atoms with Crippen molar-refractivity contribution in [3.05, 3.63) is 36.0 Å². The molecule has 1 aromatic heterocycles. The summed E-state index contributed by atoms with van der Waals surface area (Å²) >= 11 is 0. The van der Waals surface area contributed by atoms with Crippen molar-refractivity contribution in [2.45, 2.75) is 13.1 Å². The van der Waals surface area contributed by atoms with Crippen molar-refractivity contribution >= 4 is 16.9 Å². The van der Waals surface area contributed by atoms with Crippen molar-refractivity contribution < 1.29 is 9.53 Å². The van der Waals surface area contributed by atoms with Gasteiger partial charge in [0.05, 0.1) is 20.2 Å². The summed E-state index contributed by atoms with van der Waals surface area (Å²) in [5.74, 6) is -0.206. The van der Waals surface area contributed by atoms with Gasteiger partial charge in [0.2, 0.25) is 0 Å². The number of para-hydroxylation sites is 1. The number of carbonyl (C=O) groups is 1. The van der Waals surface area contributed by atoms with Gasteiger partial charge in [0.15, 0.2) is 0 Å². The Morgan fingerprint density at radius 1 is 1.33 bits per heavy atom. The zero-order chi connectivity index (χ0) is 13.1. The molecular formula is C14H18N2O2. The Labute approximate surface area is 107 Å². The highest BCUT2D eigenvalue weighted by molar-refractivity contribution is 5.87. The van der Waals surface area contributed by atoms with Crippen LogP contribution in [0.3, 0.4) is 0 Å². The van der Waals surface area contributed by atoms with E-state index in [2.05, 4.69) is 15.5 Å². The number of aromatic nitrogens is 1. The third-order valence-electron chi connectivity index (χ3n) is 2.87. The van der Waals surface area contributed by atoms with Gasteiger partial charge in [-0.2, -0.15) is 0 Å². The molecule has 0 aliphatic rings. The Morgan fingerprint density at radius 2 is 2.06 bits per heavy atom. The largest absolute Gasteiger partial charge is 0.469 e. The number of nitrogens with zero attached hydrogens (tertiary/aromatic N) is 2. The second-order valence-corrected chi connectivity index (χ2v) is 4.62. The molecule has 0 saturated heterocycles. The van der Waals surface area contributed by atoms with Gasteiger partial charge in [-0.3, -0.25) is 9.69 Å². The second kappa shape index (κ2) is 5.23.